The second-order valence-corrected chi connectivity index (χ2v) is 5.73. The molecule has 3 rings (SSSR count). The fourth-order valence-corrected chi connectivity index (χ4v) is 2.88. The van der Waals surface area contributed by atoms with Crippen molar-refractivity contribution in [3.63, 3.8) is 0 Å². The van der Waals surface area contributed by atoms with Gasteiger partial charge in [-0.3, -0.25) is 0 Å². The normalized spacial score (nSPS) is 18.3. The maximum Gasteiger partial charge on any atom is 0.139 e. The van der Waals surface area contributed by atoms with Crippen molar-refractivity contribution in [1.82, 2.24) is 9.78 Å². The zero-order valence-electron chi connectivity index (χ0n) is 10.6. The molecule has 94 valence electrons. The third-order valence-corrected chi connectivity index (χ3v) is 4.13. The Balaban J connectivity index is 2.06. The minimum atomic E-state index is 0.511. The van der Waals surface area contributed by atoms with E-state index in [1.165, 1.54) is 5.56 Å². The Kier molecular flexibility index (Phi) is 2.90. The highest BCUT2D eigenvalue weighted by atomic mass is 79.9. The van der Waals surface area contributed by atoms with Crippen molar-refractivity contribution in [2.45, 2.75) is 32.9 Å². The molecule has 4 heteroatoms. The lowest BCUT2D eigenvalue weighted by Gasteiger charge is -2.22. The zero-order valence-corrected chi connectivity index (χ0v) is 12.2. The molecule has 1 aromatic carbocycles. The number of anilines is 1. The molecule has 1 aliphatic heterocycles. The van der Waals surface area contributed by atoms with E-state index in [2.05, 4.69) is 64.0 Å². The number of fused-ring (bicyclic) bond motifs is 1. The lowest BCUT2D eigenvalue weighted by atomic mass is 10.1. The quantitative estimate of drug-likeness (QED) is 0.868. The summed E-state index contributed by atoms with van der Waals surface area (Å²) in [6.45, 7) is 5.28. The summed E-state index contributed by atoms with van der Waals surface area (Å²) in [4.78, 5) is 0. The van der Waals surface area contributed by atoms with Gasteiger partial charge < -0.3 is 5.32 Å². The van der Waals surface area contributed by atoms with Gasteiger partial charge in [-0.05, 0) is 36.2 Å². The molecule has 1 N–H and O–H groups in total. The molecule has 0 aliphatic carbocycles. The first kappa shape index (κ1) is 11.8. The molecule has 0 saturated carbocycles. The van der Waals surface area contributed by atoms with Gasteiger partial charge >= 0.3 is 0 Å². The first-order chi connectivity index (χ1) is 8.65. The van der Waals surface area contributed by atoms with Crippen LogP contribution in [0, 0.1) is 6.92 Å². The molecule has 1 atom stereocenters. The predicted molar refractivity (Wildman–Crippen MR) is 77.8 cm³/mol. The van der Waals surface area contributed by atoms with E-state index in [1.54, 1.807) is 0 Å². The second-order valence-electron chi connectivity index (χ2n) is 4.93. The van der Waals surface area contributed by atoms with Crippen LogP contribution in [0.2, 0.25) is 0 Å². The summed E-state index contributed by atoms with van der Waals surface area (Å²) in [5.41, 5.74) is 3.45. The Morgan fingerprint density at radius 2 is 2.06 bits per heavy atom. The van der Waals surface area contributed by atoms with Crippen molar-refractivity contribution in [3.05, 3.63) is 34.3 Å². The molecule has 0 fully saturated rings. The Morgan fingerprint density at radius 1 is 1.33 bits per heavy atom. The van der Waals surface area contributed by atoms with Gasteiger partial charge in [0.15, 0.2) is 0 Å². The first-order valence-corrected chi connectivity index (χ1v) is 7.04. The van der Waals surface area contributed by atoms with E-state index in [4.69, 9.17) is 5.10 Å². The third-order valence-electron chi connectivity index (χ3n) is 3.38. The number of hydrogen-bond donors (Lipinski definition) is 1. The fourth-order valence-electron chi connectivity index (χ4n) is 2.26. The maximum atomic E-state index is 4.69. The van der Waals surface area contributed by atoms with Gasteiger partial charge in [0, 0.05) is 18.2 Å². The minimum absolute atomic E-state index is 0.511. The van der Waals surface area contributed by atoms with E-state index < -0.39 is 0 Å². The van der Waals surface area contributed by atoms with Crippen molar-refractivity contribution >= 4 is 21.7 Å². The number of hydrogen-bond acceptors (Lipinski definition) is 2. The number of benzene rings is 1. The molecule has 2 aromatic rings. The number of nitrogens with one attached hydrogen (secondary N) is 1. The van der Waals surface area contributed by atoms with Gasteiger partial charge in [0.1, 0.15) is 11.5 Å². The molecule has 1 unspecified atom stereocenters. The summed E-state index contributed by atoms with van der Waals surface area (Å²) < 4.78 is 3.12. The molecule has 0 radical (unpaired) electrons. The lowest BCUT2D eigenvalue weighted by molar-refractivity contribution is 0.513. The molecule has 0 amide bonds. The topological polar surface area (TPSA) is 29.9 Å². The molecule has 18 heavy (non-hydrogen) atoms. The number of aryl methyl sites for hydroxylation is 2. The van der Waals surface area contributed by atoms with Crippen LogP contribution in [0.3, 0.4) is 0 Å². The van der Waals surface area contributed by atoms with Crippen molar-refractivity contribution < 1.29 is 0 Å². The van der Waals surface area contributed by atoms with Crippen molar-refractivity contribution in [2.75, 3.05) is 5.32 Å². The van der Waals surface area contributed by atoms with Crippen LogP contribution < -0.4 is 5.32 Å². The number of halogens is 1. The van der Waals surface area contributed by atoms with Gasteiger partial charge in [-0.15, -0.1) is 0 Å². The highest BCUT2D eigenvalue weighted by Crippen LogP contribution is 2.36. The molecule has 1 aliphatic rings. The van der Waals surface area contributed by atoms with Gasteiger partial charge in [-0.2, -0.15) is 5.10 Å². The maximum absolute atomic E-state index is 4.69. The van der Waals surface area contributed by atoms with Crippen molar-refractivity contribution in [2.24, 2.45) is 0 Å². The summed E-state index contributed by atoms with van der Waals surface area (Å²) in [6.07, 6.45) is 1.12. The Bertz CT molecular complexity index is 571. The van der Waals surface area contributed by atoms with Crippen LogP contribution in [0.15, 0.2) is 28.7 Å². The van der Waals surface area contributed by atoms with Crippen LogP contribution in [0.1, 0.15) is 18.9 Å². The average Bonchev–Trinajstić information content (AvgIpc) is 2.68. The molecule has 0 bridgehead atoms. The van der Waals surface area contributed by atoms with Crippen molar-refractivity contribution in [1.29, 1.82) is 0 Å². The van der Waals surface area contributed by atoms with Crippen LogP contribution >= 0.6 is 15.9 Å². The Hall–Kier alpha value is -1.29. The summed E-state index contributed by atoms with van der Waals surface area (Å²) in [5.74, 6) is 1.10. The van der Waals surface area contributed by atoms with Gasteiger partial charge in [0.25, 0.3) is 0 Å². The summed E-state index contributed by atoms with van der Waals surface area (Å²) in [6, 6.07) is 9.00. The average molecular weight is 306 g/mol. The number of nitrogens with zero attached hydrogens (tertiary/aromatic N) is 2. The van der Waals surface area contributed by atoms with Gasteiger partial charge in [0.2, 0.25) is 0 Å². The third kappa shape index (κ3) is 1.94. The van der Waals surface area contributed by atoms with Crippen LogP contribution in [-0.2, 0) is 6.54 Å². The van der Waals surface area contributed by atoms with Gasteiger partial charge in [0.05, 0.1) is 4.47 Å². The SMILES string of the molecule is Cc1ccc(-c2nn3c(c2Br)NC(C)CC3)cc1. The molecule has 3 nitrogen and oxygen atoms in total. The summed E-state index contributed by atoms with van der Waals surface area (Å²) in [5, 5.41) is 8.18. The summed E-state index contributed by atoms with van der Waals surface area (Å²) >= 11 is 3.67. The summed E-state index contributed by atoms with van der Waals surface area (Å²) in [7, 11) is 0. The lowest BCUT2D eigenvalue weighted by Crippen LogP contribution is -2.25. The van der Waals surface area contributed by atoms with Gasteiger partial charge in [-0.1, -0.05) is 29.8 Å². The molecule has 0 saturated heterocycles. The molecule has 0 spiro atoms. The monoisotopic (exact) mass is 305 g/mol. The van der Waals surface area contributed by atoms with Crippen molar-refractivity contribution in [3.8, 4) is 11.3 Å². The highest BCUT2D eigenvalue weighted by molar-refractivity contribution is 9.10. The standard InChI is InChI=1S/C14H16BrN3/c1-9-3-5-11(6-4-9)13-12(15)14-16-10(2)7-8-18(14)17-13/h3-6,10,16H,7-8H2,1-2H3. The van der Waals surface area contributed by atoms with Crippen LogP contribution in [0.25, 0.3) is 11.3 Å². The van der Waals surface area contributed by atoms with E-state index in [-0.39, 0.29) is 0 Å². The smallest absolute Gasteiger partial charge is 0.139 e. The van der Waals surface area contributed by atoms with E-state index in [0.29, 0.717) is 6.04 Å². The largest absolute Gasteiger partial charge is 0.367 e. The number of aromatic nitrogens is 2. The first-order valence-electron chi connectivity index (χ1n) is 6.25. The minimum Gasteiger partial charge on any atom is -0.367 e. The van der Waals surface area contributed by atoms with E-state index >= 15 is 0 Å². The van der Waals surface area contributed by atoms with Crippen LogP contribution in [-0.4, -0.2) is 15.8 Å². The van der Waals surface area contributed by atoms with E-state index in [1.807, 2.05) is 0 Å². The van der Waals surface area contributed by atoms with Gasteiger partial charge in [-0.25, -0.2) is 4.68 Å². The predicted octanol–water partition coefficient (Wildman–Crippen LogP) is 3.83. The van der Waals surface area contributed by atoms with E-state index in [9.17, 15) is 0 Å². The number of rotatable bonds is 1. The Morgan fingerprint density at radius 3 is 2.78 bits per heavy atom. The fraction of sp³-hybridized carbons (Fsp3) is 0.357. The molecular weight excluding hydrogens is 290 g/mol. The zero-order chi connectivity index (χ0) is 12.7. The molecule has 1 aromatic heterocycles. The molecular formula is C14H16BrN3. The van der Waals surface area contributed by atoms with E-state index in [0.717, 1.165) is 34.5 Å². The van der Waals surface area contributed by atoms with Crippen LogP contribution in [0.5, 0.6) is 0 Å². The molecule has 2 heterocycles. The second kappa shape index (κ2) is 4.43. The highest BCUT2D eigenvalue weighted by Gasteiger charge is 2.22. The van der Waals surface area contributed by atoms with Crippen LogP contribution in [0.4, 0.5) is 5.82 Å². The Labute approximate surface area is 115 Å².